The van der Waals surface area contributed by atoms with Crippen LogP contribution < -0.4 is 0 Å². The second-order valence-electron chi connectivity index (χ2n) is 12.1. The molecule has 0 spiro atoms. The molecule has 1 aromatic heterocycles. The van der Waals surface area contributed by atoms with Crippen molar-refractivity contribution in [1.82, 2.24) is 10.2 Å². The fraction of sp³-hybridized carbons (Fsp3) is 0.885. The Morgan fingerprint density at radius 3 is 2.73 bits per heavy atom. The lowest BCUT2D eigenvalue weighted by Gasteiger charge is -2.61. The van der Waals surface area contributed by atoms with Gasteiger partial charge in [0.05, 0.1) is 11.8 Å². The van der Waals surface area contributed by atoms with Gasteiger partial charge in [0.15, 0.2) is 6.29 Å². The smallest absolute Gasteiger partial charge is 0.158 e. The van der Waals surface area contributed by atoms with Crippen LogP contribution in [0, 0.1) is 34.5 Å². The van der Waals surface area contributed by atoms with Gasteiger partial charge in [0.2, 0.25) is 0 Å². The Labute approximate surface area is 181 Å². The highest BCUT2D eigenvalue weighted by molar-refractivity contribution is 5.26. The molecular weight excluding hydrogens is 372 g/mol. The minimum Gasteiger partial charge on any atom is -0.353 e. The maximum atomic E-state index is 6.83. The van der Waals surface area contributed by atoms with Gasteiger partial charge in [0.1, 0.15) is 0 Å². The van der Waals surface area contributed by atoms with Gasteiger partial charge in [-0.05, 0) is 118 Å². The summed E-state index contributed by atoms with van der Waals surface area (Å²) in [5.41, 5.74) is 3.65. The third-order valence-corrected chi connectivity index (χ3v) is 11.0. The van der Waals surface area contributed by atoms with Crippen LogP contribution in [-0.2, 0) is 22.3 Å². The van der Waals surface area contributed by atoms with Crippen molar-refractivity contribution in [3.63, 3.8) is 0 Å². The summed E-state index contributed by atoms with van der Waals surface area (Å²) in [4.78, 5) is 0. The maximum absolute atomic E-state index is 6.83. The second kappa shape index (κ2) is 6.81. The van der Waals surface area contributed by atoms with E-state index in [1.165, 1.54) is 75.5 Å². The number of H-pyrrole nitrogens is 1. The third kappa shape index (κ3) is 2.68. The predicted molar refractivity (Wildman–Crippen MR) is 117 cm³/mol. The average Bonchev–Trinajstić information content (AvgIpc) is 3.28. The fourth-order valence-electron chi connectivity index (χ4n) is 8.98. The molecule has 4 fully saturated rings. The predicted octanol–water partition coefficient (Wildman–Crippen LogP) is 5.67. The zero-order chi connectivity index (χ0) is 20.6. The van der Waals surface area contributed by atoms with E-state index in [1.807, 2.05) is 0 Å². The van der Waals surface area contributed by atoms with Crippen molar-refractivity contribution < 1.29 is 9.47 Å². The number of hydrogen-bond donors (Lipinski definition) is 1. The summed E-state index contributed by atoms with van der Waals surface area (Å²) in [6, 6.07) is 0. The van der Waals surface area contributed by atoms with Gasteiger partial charge in [-0.3, -0.25) is 5.10 Å². The molecule has 4 aliphatic carbocycles. The SMILES string of the molecule is C[C@]12Cc3cn[nH]c3C[C@@H]1CC[C@@H]1[C@@H]2CC[C@@]2(C)[C@H]1CC[C@]2(C)O[C@H]1CCCCO1. The van der Waals surface area contributed by atoms with Crippen molar-refractivity contribution >= 4 is 0 Å². The van der Waals surface area contributed by atoms with E-state index < -0.39 is 0 Å². The van der Waals surface area contributed by atoms with E-state index >= 15 is 0 Å². The van der Waals surface area contributed by atoms with Crippen molar-refractivity contribution in [3.05, 3.63) is 17.5 Å². The van der Waals surface area contributed by atoms with E-state index in [0.717, 1.165) is 36.7 Å². The van der Waals surface area contributed by atoms with Gasteiger partial charge in [-0.25, -0.2) is 0 Å². The van der Waals surface area contributed by atoms with Crippen LogP contribution in [0.25, 0.3) is 0 Å². The zero-order valence-corrected chi connectivity index (χ0v) is 19.2. The first-order valence-corrected chi connectivity index (χ1v) is 12.7. The van der Waals surface area contributed by atoms with Crippen molar-refractivity contribution in [1.29, 1.82) is 0 Å². The second-order valence-corrected chi connectivity index (χ2v) is 12.1. The normalized spacial score (nSPS) is 50.3. The van der Waals surface area contributed by atoms with Crippen LogP contribution in [0.5, 0.6) is 0 Å². The Bertz CT molecular complexity index is 801. The number of aromatic nitrogens is 2. The third-order valence-electron chi connectivity index (χ3n) is 11.0. The first-order valence-electron chi connectivity index (χ1n) is 12.7. The summed E-state index contributed by atoms with van der Waals surface area (Å²) in [6.45, 7) is 8.51. The molecule has 1 aromatic rings. The number of fused-ring (bicyclic) bond motifs is 6. The Morgan fingerprint density at radius 2 is 1.90 bits per heavy atom. The van der Waals surface area contributed by atoms with Gasteiger partial charge in [-0.2, -0.15) is 5.10 Å². The maximum Gasteiger partial charge on any atom is 0.158 e. The molecule has 6 rings (SSSR count). The Hall–Kier alpha value is -0.870. The highest BCUT2D eigenvalue weighted by Crippen LogP contribution is 2.68. The zero-order valence-electron chi connectivity index (χ0n) is 19.2. The molecule has 4 nitrogen and oxygen atoms in total. The number of aromatic amines is 1. The Balaban J connectivity index is 1.26. The lowest BCUT2D eigenvalue weighted by Crippen LogP contribution is -2.57. The Kier molecular flexibility index (Phi) is 4.49. The van der Waals surface area contributed by atoms with Gasteiger partial charge in [0.25, 0.3) is 0 Å². The van der Waals surface area contributed by atoms with Crippen LogP contribution in [0.4, 0.5) is 0 Å². The molecule has 1 saturated heterocycles. The van der Waals surface area contributed by atoms with Crippen LogP contribution in [0.15, 0.2) is 6.20 Å². The van der Waals surface area contributed by atoms with Crippen LogP contribution in [-0.4, -0.2) is 28.7 Å². The number of nitrogens with one attached hydrogen (secondary N) is 1. The molecule has 3 saturated carbocycles. The standard InChI is InChI=1S/C26H40N2O2/c1-24-15-17-16-27-28-22(17)14-18(24)7-8-19-20(24)9-11-25(2)21(19)10-12-26(25,3)30-23-6-4-5-13-29-23/h16,18-21,23H,4-15H2,1-3H3,(H,27,28)/t18-,19+,20-,21-,23-,24-,25-,26-/m0/s1. The van der Waals surface area contributed by atoms with E-state index in [2.05, 4.69) is 37.2 Å². The molecule has 5 aliphatic rings. The molecular formula is C26H40N2O2. The summed E-state index contributed by atoms with van der Waals surface area (Å²) in [5, 5.41) is 7.68. The number of hydrogen-bond acceptors (Lipinski definition) is 3. The summed E-state index contributed by atoms with van der Waals surface area (Å²) in [5.74, 6) is 3.38. The largest absolute Gasteiger partial charge is 0.353 e. The average molecular weight is 413 g/mol. The number of rotatable bonds is 2. The van der Waals surface area contributed by atoms with E-state index in [-0.39, 0.29) is 11.9 Å². The molecule has 0 amide bonds. The molecule has 4 heteroatoms. The molecule has 8 atom stereocenters. The van der Waals surface area contributed by atoms with Crippen LogP contribution in [0.2, 0.25) is 0 Å². The van der Waals surface area contributed by atoms with Crippen molar-refractivity contribution in [2.45, 2.75) is 103 Å². The summed E-state index contributed by atoms with van der Waals surface area (Å²) in [6.07, 6.45) is 16.2. The lowest BCUT2D eigenvalue weighted by atomic mass is 9.44. The number of ether oxygens (including phenoxy) is 2. The molecule has 1 N–H and O–H groups in total. The quantitative estimate of drug-likeness (QED) is 0.681. The van der Waals surface area contributed by atoms with Gasteiger partial charge in [0, 0.05) is 12.3 Å². The minimum absolute atomic E-state index is 0.0211. The highest BCUT2D eigenvalue weighted by Gasteiger charge is 2.64. The molecule has 30 heavy (non-hydrogen) atoms. The molecule has 166 valence electrons. The molecule has 0 bridgehead atoms. The van der Waals surface area contributed by atoms with Gasteiger partial charge >= 0.3 is 0 Å². The topological polar surface area (TPSA) is 47.1 Å². The summed E-state index contributed by atoms with van der Waals surface area (Å²) < 4.78 is 12.8. The first kappa shape index (κ1) is 19.8. The van der Waals surface area contributed by atoms with E-state index in [0.29, 0.717) is 10.8 Å². The van der Waals surface area contributed by atoms with Crippen molar-refractivity contribution in [3.8, 4) is 0 Å². The molecule has 0 aromatic carbocycles. The van der Waals surface area contributed by atoms with Gasteiger partial charge < -0.3 is 9.47 Å². The molecule has 1 aliphatic heterocycles. The lowest BCUT2D eigenvalue weighted by molar-refractivity contribution is -0.257. The van der Waals surface area contributed by atoms with E-state index in [9.17, 15) is 0 Å². The van der Waals surface area contributed by atoms with E-state index in [1.54, 1.807) is 0 Å². The molecule has 2 heterocycles. The fourth-order valence-corrected chi connectivity index (χ4v) is 8.98. The Morgan fingerprint density at radius 1 is 1.03 bits per heavy atom. The van der Waals surface area contributed by atoms with Gasteiger partial charge in [-0.1, -0.05) is 13.8 Å². The first-order chi connectivity index (χ1) is 14.4. The minimum atomic E-state index is -0.0211. The molecule has 0 unspecified atom stereocenters. The summed E-state index contributed by atoms with van der Waals surface area (Å²) >= 11 is 0. The van der Waals surface area contributed by atoms with Crippen LogP contribution in [0.1, 0.15) is 89.8 Å². The van der Waals surface area contributed by atoms with Crippen molar-refractivity contribution in [2.24, 2.45) is 34.5 Å². The highest BCUT2D eigenvalue weighted by atomic mass is 16.7. The number of nitrogens with zero attached hydrogens (tertiary/aromatic N) is 1. The van der Waals surface area contributed by atoms with Crippen LogP contribution in [0.3, 0.4) is 0 Å². The van der Waals surface area contributed by atoms with Crippen LogP contribution >= 0.6 is 0 Å². The monoisotopic (exact) mass is 412 g/mol. The summed E-state index contributed by atoms with van der Waals surface area (Å²) in [7, 11) is 0. The van der Waals surface area contributed by atoms with E-state index in [4.69, 9.17) is 9.47 Å². The van der Waals surface area contributed by atoms with Gasteiger partial charge in [-0.15, -0.1) is 0 Å². The molecule has 0 radical (unpaired) electrons. The van der Waals surface area contributed by atoms with Crippen molar-refractivity contribution in [2.75, 3.05) is 6.61 Å².